The predicted molar refractivity (Wildman–Crippen MR) is 91.7 cm³/mol. The van der Waals surface area contributed by atoms with Crippen LogP contribution in [0.25, 0.3) is 0 Å². The molecule has 25 heavy (non-hydrogen) atoms. The van der Waals surface area contributed by atoms with Gasteiger partial charge in [0.15, 0.2) is 6.61 Å². The van der Waals surface area contributed by atoms with Crippen molar-refractivity contribution in [2.45, 2.75) is 38.6 Å². The first-order valence-corrected chi connectivity index (χ1v) is 8.60. The van der Waals surface area contributed by atoms with Crippen LogP contribution in [0, 0.1) is 17.2 Å². The van der Waals surface area contributed by atoms with Gasteiger partial charge in [-0.25, -0.2) is 0 Å². The van der Waals surface area contributed by atoms with Crippen LogP contribution >= 0.6 is 0 Å². The molecule has 0 N–H and O–H groups in total. The topological polar surface area (TPSA) is 79.6 Å². The van der Waals surface area contributed by atoms with Crippen LogP contribution in [0.3, 0.4) is 0 Å². The van der Waals surface area contributed by atoms with E-state index in [4.69, 9.17) is 14.7 Å². The number of piperidine rings is 1. The Balaban J connectivity index is 2.42. The monoisotopic (exact) mass is 344 g/mol. The number of nitriles is 1. The molecule has 1 saturated heterocycles. The number of hydrogen-bond acceptors (Lipinski definition) is 5. The first-order valence-electron chi connectivity index (χ1n) is 8.60. The summed E-state index contributed by atoms with van der Waals surface area (Å²) in [6, 6.07) is 8.81. The maximum absolute atomic E-state index is 12.5. The number of esters is 1. The summed E-state index contributed by atoms with van der Waals surface area (Å²) in [7, 11) is 1.57. The Bertz CT molecular complexity index is 653. The smallest absolute Gasteiger partial charge is 0.312 e. The van der Waals surface area contributed by atoms with Crippen molar-refractivity contribution in [2.24, 2.45) is 5.92 Å². The van der Waals surface area contributed by atoms with Gasteiger partial charge in [0.1, 0.15) is 11.8 Å². The normalized spacial score (nSPS) is 20.0. The first-order chi connectivity index (χ1) is 12.1. The molecular formula is C19H24N2O4. The number of nitrogens with zero attached hydrogens (tertiary/aromatic N) is 2. The van der Waals surface area contributed by atoms with E-state index < -0.39 is 17.9 Å². The number of likely N-dealkylation sites (tertiary alicyclic amines) is 1. The second-order valence-electron chi connectivity index (χ2n) is 6.04. The number of carbonyl (C=O) groups is 2. The highest BCUT2D eigenvalue weighted by molar-refractivity contribution is 5.82. The van der Waals surface area contributed by atoms with Gasteiger partial charge in [0.25, 0.3) is 0 Å². The first kappa shape index (κ1) is 18.8. The van der Waals surface area contributed by atoms with Gasteiger partial charge < -0.3 is 14.4 Å². The highest BCUT2D eigenvalue weighted by atomic mass is 16.5. The molecule has 0 spiro atoms. The molecular weight excluding hydrogens is 320 g/mol. The quantitative estimate of drug-likeness (QED) is 0.711. The molecule has 2 rings (SSSR count). The van der Waals surface area contributed by atoms with Crippen molar-refractivity contribution in [2.75, 3.05) is 20.3 Å². The van der Waals surface area contributed by atoms with E-state index in [2.05, 4.69) is 6.92 Å². The third kappa shape index (κ3) is 4.30. The number of rotatable bonds is 7. The zero-order valence-electron chi connectivity index (χ0n) is 14.7. The van der Waals surface area contributed by atoms with Crippen molar-refractivity contribution >= 4 is 11.9 Å². The highest BCUT2D eigenvalue weighted by Gasteiger charge is 2.42. The summed E-state index contributed by atoms with van der Waals surface area (Å²) < 4.78 is 10.5. The molecule has 0 radical (unpaired) electrons. The zero-order chi connectivity index (χ0) is 18.2. The van der Waals surface area contributed by atoms with Gasteiger partial charge in [0.2, 0.25) is 5.91 Å². The Morgan fingerprint density at radius 1 is 1.40 bits per heavy atom. The fraction of sp³-hybridized carbons (Fsp3) is 0.526. The number of para-hydroxylation sites is 1. The van der Waals surface area contributed by atoms with E-state index in [1.165, 1.54) is 0 Å². The van der Waals surface area contributed by atoms with Crippen molar-refractivity contribution in [3.8, 4) is 11.8 Å². The molecule has 1 fully saturated rings. The second kappa shape index (κ2) is 9.07. The Kier molecular flexibility index (Phi) is 6.81. The van der Waals surface area contributed by atoms with Crippen LogP contribution in [0.2, 0.25) is 0 Å². The molecule has 1 aliphatic rings. The van der Waals surface area contributed by atoms with E-state index in [9.17, 15) is 9.59 Å². The van der Waals surface area contributed by atoms with Crippen LogP contribution in [0.1, 0.15) is 44.2 Å². The average Bonchev–Trinajstić information content (AvgIpc) is 2.64. The summed E-state index contributed by atoms with van der Waals surface area (Å²) in [5.41, 5.74) is 0.799. The number of hydrogen-bond donors (Lipinski definition) is 0. The third-order valence-electron chi connectivity index (χ3n) is 4.50. The van der Waals surface area contributed by atoms with E-state index in [0.717, 1.165) is 18.4 Å². The van der Waals surface area contributed by atoms with Crippen LogP contribution in [0.4, 0.5) is 0 Å². The molecule has 0 unspecified atom stereocenters. The van der Waals surface area contributed by atoms with Crippen LogP contribution in [-0.2, 0) is 14.3 Å². The van der Waals surface area contributed by atoms with Crippen molar-refractivity contribution in [3.05, 3.63) is 29.8 Å². The Labute approximate surface area is 148 Å². The maximum atomic E-state index is 12.5. The van der Waals surface area contributed by atoms with Crippen molar-refractivity contribution in [3.63, 3.8) is 0 Å². The van der Waals surface area contributed by atoms with E-state index in [0.29, 0.717) is 25.1 Å². The molecule has 2 atom stereocenters. The lowest BCUT2D eigenvalue weighted by Crippen LogP contribution is -2.46. The van der Waals surface area contributed by atoms with Crippen molar-refractivity contribution in [1.82, 2.24) is 4.90 Å². The summed E-state index contributed by atoms with van der Waals surface area (Å²) in [5, 5.41) is 8.68. The summed E-state index contributed by atoms with van der Waals surface area (Å²) in [5.74, 6) is -0.263. The largest absolute Gasteiger partial charge is 0.496 e. The molecule has 1 aromatic carbocycles. The molecule has 1 aromatic rings. The molecule has 1 aliphatic heterocycles. The fourth-order valence-corrected chi connectivity index (χ4v) is 3.30. The van der Waals surface area contributed by atoms with E-state index in [-0.39, 0.29) is 12.5 Å². The standard InChI is InChI=1S/C19H24N2O4/c1-3-4-12-21-17(22)10-9-15(19(23)25-13-11-20)18(21)14-7-5-6-8-16(14)24-2/h5-8,15,18H,3-4,9-10,12-13H2,1-2H3/t15-,18+/m0/s1. The van der Waals surface area contributed by atoms with Crippen LogP contribution in [0.5, 0.6) is 5.75 Å². The van der Waals surface area contributed by atoms with Gasteiger partial charge >= 0.3 is 5.97 Å². The molecule has 0 aromatic heterocycles. The Morgan fingerprint density at radius 2 is 2.16 bits per heavy atom. The predicted octanol–water partition coefficient (Wildman–Crippen LogP) is 2.84. The van der Waals surface area contributed by atoms with Gasteiger partial charge in [-0.05, 0) is 18.9 Å². The molecule has 1 heterocycles. The van der Waals surface area contributed by atoms with E-state index >= 15 is 0 Å². The average molecular weight is 344 g/mol. The Hall–Kier alpha value is -2.55. The van der Waals surface area contributed by atoms with Gasteiger partial charge in [-0.15, -0.1) is 0 Å². The summed E-state index contributed by atoms with van der Waals surface area (Å²) in [6.07, 6.45) is 2.53. The summed E-state index contributed by atoms with van der Waals surface area (Å²) >= 11 is 0. The number of benzene rings is 1. The zero-order valence-corrected chi connectivity index (χ0v) is 14.7. The van der Waals surface area contributed by atoms with Crippen molar-refractivity contribution < 1.29 is 19.1 Å². The number of amides is 1. The van der Waals surface area contributed by atoms with E-state index in [1.807, 2.05) is 30.3 Å². The highest BCUT2D eigenvalue weighted by Crippen LogP contribution is 2.41. The molecule has 0 bridgehead atoms. The van der Waals surface area contributed by atoms with Gasteiger partial charge in [-0.2, -0.15) is 5.26 Å². The maximum Gasteiger partial charge on any atom is 0.312 e. The Morgan fingerprint density at radius 3 is 2.84 bits per heavy atom. The summed E-state index contributed by atoms with van der Waals surface area (Å²) in [4.78, 5) is 26.8. The lowest BCUT2D eigenvalue weighted by molar-refractivity contribution is -0.156. The van der Waals surface area contributed by atoms with Gasteiger partial charge in [0.05, 0.1) is 19.1 Å². The molecule has 0 aliphatic carbocycles. The molecule has 0 saturated carbocycles. The van der Waals surface area contributed by atoms with Crippen LogP contribution in [-0.4, -0.2) is 37.0 Å². The minimum absolute atomic E-state index is 0.0358. The van der Waals surface area contributed by atoms with Gasteiger partial charge in [-0.3, -0.25) is 9.59 Å². The van der Waals surface area contributed by atoms with Crippen LogP contribution in [0.15, 0.2) is 24.3 Å². The fourth-order valence-electron chi connectivity index (χ4n) is 3.30. The van der Waals surface area contributed by atoms with E-state index in [1.54, 1.807) is 12.0 Å². The van der Waals surface area contributed by atoms with Gasteiger partial charge in [0, 0.05) is 18.5 Å². The molecule has 6 nitrogen and oxygen atoms in total. The second-order valence-corrected chi connectivity index (χ2v) is 6.04. The molecule has 134 valence electrons. The third-order valence-corrected chi connectivity index (χ3v) is 4.50. The van der Waals surface area contributed by atoms with Crippen molar-refractivity contribution in [1.29, 1.82) is 5.26 Å². The number of methoxy groups -OCH3 is 1. The number of unbranched alkanes of at least 4 members (excludes halogenated alkanes) is 1. The minimum atomic E-state index is -0.501. The summed E-state index contributed by atoms with van der Waals surface area (Å²) in [6.45, 7) is 2.36. The van der Waals surface area contributed by atoms with Crippen LogP contribution < -0.4 is 4.74 Å². The number of carbonyl (C=O) groups excluding carboxylic acids is 2. The molecule has 6 heteroatoms. The SMILES string of the molecule is CCCCN1C(=O)CC[C@H](C(=O)OCC#N)[C@H]1c1ccccc1OC. The lowest BCUT2D eigenvalue weighted by Gasteiger charge is -2.40. The number of ether oxygens (including phenoxy) is 2. The minimum Gasteiger partial charge on any atom is -0.496 e. The van der Waals surface area contributed by atoms with Gasteiger partial charge in [-0.1, -0.05) is 31.5 Å². The lowest BCUT2D eigenvalue weighted by atomic mass is 9.83. The molecule has 1 amide bonds.